The molecule has 0 aliphatic carbocycles. The Labute approximate surface area is 107 Å². The molecule has 3 N–H and O–H groups in total. The molecule has 18 heavy (non-hydrogen) atoms. The number of nitrogens with one attached hydrogen (secondary N) is 1. The van der Waals surface area contributed by atoms with Crippen LogP contribution < -0.4 is 11.1 Å². The highest BCUT2D eigenvalue weighted by atomic mass is 16.1. The normalized spacial score (nSPS) is 11.5. The van der Waals surface area contributed by atoms with Crippen LogP contribution in [-0.4, -0.2) is 18.0 Å². The average molecular weight is 242 g/mol. The number of benzene rings is 2. The summed E-state index contributed by atoms with van der Waals surface area (Å²) in [5.74, 6) is -0.0840. The van der Waals surface area contributed by atoms with Gasteiger partial charge in [-0.05, 0) is 36.8 Å². The predicted molar refractivity (Wildman–Crippen MR) is 74.5 cm³/mol. The zero-order valence-electron chi connectivity index (χ0n) is 10.7. The summed E-state index contributed by atoms with van der Waals surface area (Å²) in [6.45, 7) is 4.22. The van der Waals surface area contributed by atoms with Crippen LogP contribution in [0.1, 0.15) is 24.2 Å². The summed E-state index contributed by atoms with van der Waals surface area (Å²) in [5.41, 5.74) is 6.11. The summed E-state index contributed by atoms with van der Waals surface area (Å²) < 4.78 is 0. The van der Waals surface area contributed by atoms with Crippen LogP contribution in [-0.2, 0) is 0 Å². The molecule has 0 aliphatic heterocycles. The third kappa shape index (κ3) is 3.08. The third-order valence-corrected chi connectivity index (χ3v) is 2.72. The lowest BCUT2D eigenvalue weighted by Crippen LogP contribution is -2.45. The minimum Gasteiger partial charge on any atom is -0.350 e. The van der Waals surface area contributed by atoms with Gasteiger partial charge in [0.2, 0.25) is 0 Å². The van der Waals surface area contributed by atoms with Crippen LogP contribution in [0, 0.1) is 0 Å². The maximum absolute atomic E-state index is 12.0. The van der Waals surface area contributed by atoms with Crippen LogP contribution in [0.15, 0.2) is 42.5 Å². The first-order valence-electron chi connectivity index (χ1n) is 6.02. The second kappa shape index (κ2) is 4.78. The summed E-state index contributed by atoms with van der Waals surface area (Å²) >= 11 is 0. The van der Waals surface area contributed by atoms with Crippen molar-refractivity contribution in [1.82, 2.24) is 5.32 Å². The Morgan fingerprint density at radius 2 is 1.83 bits per heavy atom. The van der Waals surface area contributed by atoms with E-state index in [-0.39, 0.29) is 5.91 Å². The van der Waals surface area contributed by atoms with E-state index in [2.05, 4.69) is 5.32 Å². The van der Waals surface area contributed by atoms with Gasteiger partial charge in [-0.25, -0.2) is 0 Å². The molecule has 3 nitrogen and oxygen atoms in total. The van der Waals surface area contributed by atoms with Crippen molar-refractivity contribution < 1.29 is 4.79 Å². The van der Waals surface area contributed by atoms with E-state index in [1.807, 2.05) is 56.3 Å². The van der Waals surface area contributed by atoms with E-state index in [9.17, 15) is 4.79 Å². The standard InChI is InChI=1S/C15H18N2O/c1-15(2,16)10-17-14(18)13-8-7-11-5-3-4-6-12(11)9-13/h3-9H,10,16H2,1-2H3,(H,17,18). The van der Waals surface area contributed by atoms with Crippen molar-refractivity contribution in [3.8, 4) is 0 Å². The van der Waals surface area contributed by atoms with Crippen molar-refractivity contribution in [2.45, 2.75) is 19.4 Å². The number of rotatable bonds is 3. The van der Waals surface area contributed by atoms with Gasteiger partial charge in [0.25, 0.3) is 5.91 Å². The molecule has 0 atom stereocenters. The monoisotopic (exact) mass is 242 g/mol. The fourth-order valence-electron chi connectivity index (χ4n) is 1.74. The number of amides is 1. The van der Waals surface area contributed by atoms with Gasteiger partial charge in [0.15, 0.2) is 0 Å². The highest BCUT2D eigenvalue weighted by molar-refractivity contribution is 5.98. The van der Waals surface area contributed by atoms with Crippen LogP contribution >= 0.6 is 0 Å². The molecule has 1 amide bonds. The Hall–Kier alpha value is -1.87. The topological polar surface area (TPSA) is 55.1 Å². The first-order valence-corrected chi connectivity index (χ1v) is 6.02. The summed E-state index contributed by atoms with van der Waals surface area (Å²) in [4.78, 5) is 12.0. The largest absolute Gasteiger partial charge is 0.350 e. The van der Waals surface area contributed by atoms with Crippen molar-refractivity contribution in [3.05, 3.63) is 48.0 Å². The average Bonchev–Trinajstić information content (AvgIpc) is 2.34. The van der Waals surface area contributed by atoms with Crippen LogP contribution in [0.3, 0.4) is 0 Å². The molecule has 0 aromatic heterocycles. The van der Waals surface area contributed by atoms with E-state index in [0.717, 1.165) is 10.8 Å². The third-order valence-electron chi connectivity index (χ3n) is 2.72. The molecule has 0 aliphatic rings. The van der Waals surface area contributed by atoms with Crippen LogP contribution in [0.25, 0.3) is 10.8 Å². The Balaban J connectivity index is 2.18. The van der Waals surface area contributed by atoms with Gasteiger partial charge in [-0.15, -0.1) is 0 Å². The van der Waals surface area contributed by atoms with Gasteiger partial charge in [0.05, 0.1) is 0 Å². The molecular weight excluding hydrogens is 224 g/mol. The molecule has 0 saturated heterocycles. The smallest absolute Gasteiger partial charge is 0.251 e. The van der Waals surface area contributed by atoms with E-state index >= 15 is 0 Å². The number of carbonyl (C=O) groups excluding carboxylic acids is 1. The van der Waals surface area contributed by atoms with Gasteiger partial charge >= 0.3 is 0 Å². The first kappa shape index (κ1) is 12.6. The number of carbonyl (C=O) groups is 1. The molecule has 0 spiro atoms. The second-order valence-corrected chi connectivity index (χ2v) is 5.23. The Bertz CT molecular complexity index is 570. The quantitative estimate of drug-likeness (QED) is 0.867. The molecule has 0 bridgehead atoms. The second-order valence-electron chi connectivity index (χ2n) is 5.23. The minimum atomic E-state index is -0.396. The van der Waals surface area contributed by atoms with Gasteiger partial charge < -0.3 is 11.1 Å². The highest BCUT2D eigenvalue weighted by Crippen LogP contribution is 2.15. The van der Waals surface area contributed by atoms with Crippen molar-refractivity contribution in [3.63, 3.8) is 0 Å². The van der Waals surface area contributed by atoms with E-state index in [0.29, 0.717) is 12.1 Å². The molecule has 2 rings (SSSR count). The van der Waals surface area contributed by atoms with Crippen LogP contribution in [0.2, 0.25) is 0 Å². The van der Waals surface area contributed by atoms with Crippen molar-refractivity contribution in [2.75, 3.05) is 6.54 Å². The molecule has 94 valence electrons. The summed E-state index contributed by atoms with van der Waals surface area (Å²) in [6, 6.07) is 13.7. The van der Waals surface area contributed by atoms with E-state index < -0.39 is 5.54 Å². The van der Waals surface area contributed by atoms with Crippen LogP contribution in [0.5, 0.6) is 0 Å². The molecule has 0 fully saturated rings. The molecule has 0 saturated carbocycles. The van der Waals surface area contributed by atoms with Gasteiger partial charge in [0.1, 0.15) is 0 Å². The minimum absolute atomic E-state index is 0.0840. The highest BCUT2D eigenvalue weighted by Gasteiger charge is 2.13. The molecule has 3 heteroatoms. The molecule has 0 heterocycles. The molecule has 0 unspecified atom stereocenters. The predicted octanol–water partition coefficient (Wildman–Crippen LogP) is 2.31. The molecule has 2 aromatic carbocycles. The summed E-state index contributed by atoms with van der Waals surface area (Å²) in [7, 11) is 0. The van der Waals surface area contributed by atoms with E-state index in [1.165, 1.54) is 0 Å². The van der Waals surface area contributed by atoms with Gasteiger partial charge in [-0.2, -0.15) is 0 Å². The van der Waals surface area contributed by atoms with Crippen molar-refractivity contribution in [2.24, 2.45) is 5.73 Å². The fraction of sp³-hybridized carbons (Fsp3) is 0.267. The number of fused-ring (bicyclic) bond motifs is 1. The van der Waals surface area contributed by atoms with Crippen molar-refractivity contribution >= 4 is 16.7 Å². The van der Waals surface area contributed by atoms with Gasteiger partial charge in [0, 0.05) is 17.6 Å². The Kier molecular flexibility index (Phi) is 3.34. The summed E-state index contributed by atoms with van der Waals surface area (Å²) in [5, 5.41) is 5.04. The maximum Gasteiger partial charge on any atom is 0.251 e. The zero-order chi connectivity index (χ0) is 13.2. The lowest BCUT2D eigenvalue weighted by atomic mass is 10.1. The van der Waals surface area contributed by atoms with Gasteiger partial charge in [-0.3, -0.25) is 4.79 Å². The first-order chi connectivity index (χ1) is 8.46. The Morgan fingerprint density at radius 3 is 2.50 bits per heavy atom. The lowest BCUT2D eigenvalue weighted by Gasteiger charge is -2.18. The van der Waals surface area contributed by atoms with Crippen molar-refractivity contribution in [1.29, 1.82) is 0 Å². The number of nitrogens with two attached hydrogens (primary N) is 1. The Morgan fingerprint density at radius 1 is 1.17 bits per heavy atom. The van der Waals surface area contributed by atoms with E-state index in [1.54, 1.807) is 0 Å². The number of hydrogen-bond acceptors (Lipinski definition) is 2. The molecular formula is C15H18N2O. The fourth-order valence-corrected chi connectivity index (χ4v) is 1.74. The summed E-state index contributed by atoms with van der Waals surface area (Å²) in [6.07, 6.45) is 0. The maximum atomic E-state index is 12.0. The number of hydrogen-bond donors (Lipinski definition) is 2. The van der Waals surface area contributed by atoms with Gasteiger partial charge in [-0.1, -0.05) is 30.3 Å². The molecule has 2 aromatic rings. The zero-order valence-corrected chi connectivity index (χ0v) is 10.7. The molecule has 0 radical (unpaired) electrons. The SMILES string of the molecule is CC(C)(N)CNC(=O)c1ccc2ccccc2c1. The van der Waals surface area contributed by atoms with E-state index in [4.69, 9.17) is 5.73 Å². The lowest BCUT2D eigenvalue weighted by molar-refractivity contribution is 0.0946. The van der Waals surface area contributed by atoms with Crippen LogP contribution in [0.4, 0.5) is 0 Å².